The van der Waals surface area contributed by atoms with Crippen LogP contribution in [0.2, 0.25) is 0 Å². The molecule has 0 bridgehead atoms. The van der Waals surface area contributed by atoms with Crippen LogP contribution in [0, 0.1) is 6.92 Å². The van der Waals surface area contributed by atoms with Crippen LogP contribution < -0.4 is 0 Å². The number of aryl methyl sites for hydroxylation is 1. The van der Waals surface area contributed by atoms with E-state index in [9.17, 15) is 13.6 Å². The van der Waals surface area contributed by atoms with E-state index in [2.05, 4.69) is 0 Å². The van der Waals surface area contributed by atoms with Crippen molar-refractivity contribution in [3.63, 3.8) is 0 Å². The summed E-state index contributed by atoms with van der Waals surface area (Å²) in [5, 5.41) is 0. The highest BCUT2D eigenvalue weighted by atomic mass is 31.0. The first-order valence-electron chi connectivity index (χ1n) is 6.30. The van der Waals surface area contributed by atoms with Crippen LogP contribution in [0.5, 0.6) is 0 Å². The van der Waals surface area contributed by atoms with E-state index in [1.165, 1.54) is 28.5 Å². The molecule has 0 N–H and O–H groups in total. The molecule has 1 unspecified atom stereocenters. The Morgan fingerprint density at radius 1 is 1.14 bits per heavy atom. The molecule has 0 aliphatic rings. The molecule has 0 aliphatic heterocycles. The van der Waals surface area contributed by atoms with Gasteiger partial charge in [0.15, 0.2) is 0 Å². The Hall–Kier alpha value is -1.80. The number of hydrogen-bond acceptors (Lipinski definition) is 2. The van der Waals surface area contributed by atoms with Crippen LogP contribution in [-0.2, 0) is 10.4 Å². The van der Waals surface area contributed by atoms with Gasteiger partial charge in [-0.3, -0.25) is 0 Å². The molecule has 0 saturated heterocycles. The zero-order valence-electron chi connectivity index (χ0n) is 11.7. The van der Waals surface area contributed by atoms with Gasteiger partial charge in [-0.25, -0.2) is 4.79 Å². The number of methoxy groups -OCH3 is 1. The van der Waals surface area contributed by atoms with Gasteiger partial charge < -0.3 is 4.74 Å². The van der Waals surface area contributed by atoms with Crippen molar-refractivity contribution in [3.05, 3.63) is 59.2 Å². The van der Waals surface area contributed by atoms with Gasteiger partial charge in [-0.05, 0) is 35.7 Å². The normalized spacial score (nSPS) is 11.3. The average molecular weight is 308 g/mol. The van der Waals surface area contributed by atoms with E-state index in [1.54, 1.807) is 30.3 Å². The summed E-state index contributed by atoms with van der Waals surface area (Å²) in [4.78, 5) is 11.8. The Labute approximate surface area is 124 Å². The molecular formula is C16H15F2O2P. The molecule has 0 aromatic heterocycles. The number of halogens is 2. The van der Waals surface area contributed by atoms with Crippen LogP contribution in [0.15, 0.2) is 42.5 Å². The number of carbonyl (C=O) groups is 1. The van der Waals surface area contributed by atoms with Crippen molar-refractivity contribution in [1.82, 2.24) is 0 Å². The lowest BCUT2D eigenvalue weighted by atomic mass is 9.94. The first-order valence-corrected chi connectivity index (χ1v) is 6.88. The molecule has 0 saturated carbocycles. The number of esters is 1. The van der Waals surface area contributed by atoms with Gasteiger partial charge in [0.05, 0.1) is 12.7 Å². The summed E-state index contributed by atoms with van der Waals surface area (Å²) in [6.45, 7) is 1.81. The van der Waals surface area contributed by atoms with E-state index < -0.39 is 11.6 Å². The second-order valence-corrected chi connectivity index (χ2v) is 5.41. The zero-order valence-corrected chi connectivity index (χ0v) is 12.8. The highest BCUT2D eigenvalue weighted by Crippen LogP contribution is 2.38. The first-order chi connectivity index (χ1) is 9.84. The van der Waals surface area contributed by atoms with Gasteiger partial charge in [0.2, 0.25) is 0 Å². The van der Waals surface area contributed by atoms with Gasteiger partial charge in [0.1, 0.15) is 0 Å². The maximum atomic E-state index is 13.5. The van der Waals surface area contributed by atoms with Gasteiger partial charge in [0.25, 0.3) is 5.66 Å². The average Bonchev–Trinajstić information content (AvgIpc) is 2.45. The third-order valence-corrected chi connectivity index (χ3v) is 3.58. The SMILES string of the molecule is COC(=O)c1ccccc1-c1cc(C(F)(F)P)ccc1C. The second kappa shape index (κ2) is 5.90. The number of rotatable bonds is 3. The fraction of sp³-hybridized carbons (Fsp3) is 0.188. The number of alkyl halides is 2. The predicted molar refractivity (Wildman–Crippen MR) is 81.6 cm³/mol. The molecule has 0 spiro atoms. The summed E-state index contributed by atoms with van der Waals surface area (Å²) < 4.78 is 31.7. The van der Waals surface area contributed by atoms with Crippen LogP contribution in [0.4, 0.5) is 8.78 Å². The van der Waals surface area contributed by atoms with Gasteiger partial charge in [-0.1, -0.05) is 39.6 Å². The maximum absolute atomic E-state index is 13.5. The summed E-state index contributed by atoms with van der Waals surface area (Å²) in [7, 11) is 2.81. The van der Waals surface area contributed by atoms with Crippen molar-refractivity contribution in [1.29, 1.82) is 0 Å². The summed E-state index contributed by atoms with van der Waals surface area (Å²) in [5.41, 5.74) is -0.791. The molecular weight excluding hydrogens is 293 g/mol. The van der Waals surface area contributed by atoms with Crippen molar-refractivity contribution in [2.24, 2.45) is 0 Å². The van der Waals surface area contributed by atoms with Gasteiger partial charge in [0, 0.05) is 5.56 Å². The number of hydrogen-bond donors (Lipinski definition) is 0. The molecule has 2 aromatic rings. The fourth-order valence-corrected chi connectivity index (χ4v) is 2.31. The smallest absolute Gasteiger partial charge is 0.338 e. The Balaban J connectivity index is 2.65. The van der Waals surface area contributed by atoms with Crippen molar-refractivity contribution in [3.8, 4) is 11.1 Å². The van der Waals surface area contributed by atoms with Crippen molar-refractivity contribution in [2.75, 3.05) is 7.11 Å². The maximum Gasteiger partial charge on any atom is 0.338 e. The number of carbonyl (C=O) groups excluding carboxylic acids is 1. The molecule has 0 amide bonds. The quantitative estimate of drug-likeness (QED) is 0.621. The van der Waals surface area contributed by atoms with Crippen LogP contribution in [0.3, 0.4) is 0 Å². The minimum absolute atomic E-state index is 0.118. The van der Waals surface area contributed by atoms with Crippen molar-refractivity contribution >= 4 is 15.2 Å². The lowest BCUT2D eigenvalue weighted by Crippen LogP contribution is -2.06. The van der Waals surface area contributed by atoms with Gasteiger partial charge in [-0.15, -0.1) is 0 Å². The van der Waals surface area contributed by atoms with E-state index in [1.807, 2.05) is 6.92 Å². The molecule has 2 rings (SSSR count). The third kappa shape index (κ3) is 3.27. The van der Waals surface area contributed by atoms with E-state index >= 15 is 0 Å². The largest absolute Gasteiger partial charge is 0.465 e. The molecule has 5 heteroatoms. The van der Waals surface area contributed by atoms with E-state index in [0.717, 1.165) is 5.56 Å². The Kier molecular flexibility index (Phi) is 4.38. The number of ether oxygens (including phenoxy) is 1. The molecule has 110 valence electrons. The number of benzene rings is 2. The topological polar surface area (TPSA) is 26.3 Å². The van der Waals surface area contributed by atoms with Crippen LogP contribution in [0.25, 0.3) is 11.1 Å². The van der Waals surface area contributed by atoms with E-state index in [0.29, 0.717) is 16.7 Å². The summed E-state index contributed by atoms with van der Waals surface area (Å²) >= 11 is 0. The lowest BCUT2D eigenvalue weighted by Gasteiger charge is -2.15. The van der Waals surface area contributed by atoms with E-state index in [4.69, 9.17) is 4.74 Å². The monoisotopic (exact) mass is 308 g/mol. The van der Waals surface area contributed by atoms with Crippen LogP contribution in [-0.4, -0.2) is 13.1 Å². The van der Waals surface area contributed by atoms with Crippen molar-refractivity contribution in [2.45, 2.75) is 12.6 Å². The van der Waals surface area contributed by atoms with E-state index in [-0.39, 0.29) is 5.56 Å². The minimum atomic E-state index is -3.01. The molecule has 0 heterocycles. The molecule has 0 aliphatic carbocycles. The van der Waals surface area contributed by atoms with Crippen LogP contribution in [0.1, 0.15) is 21.5 Å². The zero-order chi connectivity index (χ0) is 15.6. The lowest BCUT2D eigenvalue weighted by molar-refractivity contribution is 0.0601. The van der Waals surface area contributed by atoms with Gasteiger partial charge >= 0.3 is 5.97 Å². The third-order valence-electron chi connectivity index (χ3n) is 3.25. The molecule has 2 aromatic carbocycles. The Morgan fingerprint density at radius 2 is 1.81 bits per heavy atom. The standard InChI is InChI=1S/C16H15F2O2P/c1-10-7-8-11(16(17,18)21)9-14(10)12-5-3-4-6-13(12)15(19)20-2/h3-9H,21H2,1-2H3. The summed E-state index contributed by atoms with van der Waals surface area (Å²) in [6, 6.07) is 11.2. The second-order valence-electron chi connectivity index (χ2n) is 4.69. The first kappa shape index (κ1) is 15.6. The highest BCUT2D eigenvalue weighted by Gasteiger charge is 2.25. The summed E-state index contributed by atoms with van der Waals surface area (Å²) in [6.07, 6.45) is 0. The fourth-order valence-electron chi connectivity index (χ4n) is 2.13. The molecule has 1 atom stereocenters. The van der Waals surface area contributed by atoms with Crippen molar-refractivity contribution < 1.29 is 18.3 Å². The molecule has 0 fully saturated rings. The molecule has 0 radical (unpaired) electrons. The van der Waals surface area contributed by atoms with Gasteiger partial charge in [-0.2, -0.15) is 8.78 Å². The Morgan fingerprint density at radius 3 is 2.43 bits per heavy atom. The van der Waals surface area contributed by atoms with Crippen LogP contribution >= 0.6 is 9.24 Å². The Bertz CT molecular complexity index is 678. The minimum Gasteiger partial charge on any atom is -0.465 e. The molecule has 21 heavy (non-hydrogen) atoms. The predicted octanol–water partition coefficient (Wildman–Crippen LogP) is 4.37. The highest BCUT2D eigenvalue weighted by molar-refractivity contribution is 7.17. The molecule has 2 nitrogen and oxygen atoms in total. The summed E-state index contributed by atoms with van der Waals surface area (Å²) in [5.74, 6) is -0.493.